The molecule has 0 N–H and O–H groups in total. The summed E-state index contributed by atoms with van der Waals surface area (Å²) in [5.74, 6) is 0. The van der Waals surface area contributed by atoms with Gasteiger partial charge in [-0.3, -0.25) is 0 Å². The van der Waals surface area contributed by atoms with Crippen molar-refractivity contribution in [2.75, 3.05) is 0 Å². The maximum atomic E-state index is 13.0. The van der Waals surface area contributed by atoms with E-state index < -0.39 is 23.5 Å². The Balaban J connectivity index is 1.62. The van der Waals surface area contributed by atoms with Gasteiger partial charge >= 0.3 is 12.4 Å². The number of nitrogens with zero attached hydrogens (tertiary/aromatic N) is 2. The summed E-state index contributed by atoms with van der Waals surface area (Å²) in [6.45, 7) is 0. The van der Waals surface area contributed by atoms with Crippen LogP contribution >= 0.6 is 0 Å². The van der Waals surface area contributed by atoms with Gasteiger partial charge in [0.05, 0.1) is 34.4 Å². The molecule has 182 valence electrons. The first kappa shape index (κ1) is 24.1. The summed E-state index contributed by atoms with van der Waals surface area (Å²) in [5, 5.41) is 19.4. The van der Waals surface area contributed by atoms with Gasteiger partial charge in [0.25, 0.3) is 0 Å². The van der Waals surface area contributed by atoms with E-state index in [9.17, 15) is 36.9 Å². The van der Waals surface area contributed by atoms with Crippen LogP contribution in [-0.4, -0.2) is 0 Å². The summed E-state index contributed by atoms with van der Waals surface area (Å²) < 4.78 is 78.0. The first-order chi connectivity index (χ1) is 17.5. The zero-order valence-corrected chi connectivity index (χ0v) is 18.8. The molecular formula is C29H14F6N2. The minimum absolute atomic E-state index is 0.301. The van der Waals surface area contributed by atoms with Crippen LogP contribution in [0.15, 0.2) is 72.8 Å². The van der Waals surface area contributed by atoms with E-state index in [1.165, 1.54) is 24.3 Å². The van der Waals surface area contributed by atoms with Crippen LogP contribution in [0.4, 0.5) is 26.3 Å². The van der Waals surface area contributed by atoms with E-state index in [0.717, 1.165) is 46.5 Å². The van der Waals surface area contributed by atoms with Gasteiger partial charge in [0, 0.05) is 11.1 Å². The summed E-state index contributed by atoms with van der Waals surface area (Å²) in [4.78, 5) is 0. The molecule has 4 aromatic carbocycles. The molecule has 0 radical (unpaired) electrons. The fraction of sp³-hybridized carbons (Fsp3) is 0.103. The summed E-state index contributed by atoms with van der Waals surface area (Å²) >= 11 is 0. The third-order valence-electron chi connectivity index (χ3n) is 6.45. The minimum Gasteiger partial charge on any atom is -0.192 e. The molecule has 0 fully saturated rings. The Hall–Kier alpha value is -4.56. The standard InChI is InChI=1S/C29H14F6N2/c30-28(31,32)22-5-1-16(2-6-22)24-12-26-18(10-20(24)14-36)9-19-11-21(15-37)25(13-27(19)26)17-3-7-23(8-4-17)29(33,34)35/h1-8,10-13H,9H2. The van der Waals surface area contributed by atoms with E-state index in [1.54, 1.807) is 24.3 Å². The number of halogens is 6. The number of alkyl halides is 6. The molecule has 0 unspecified atom stereocenters. The highest BCUT2D eigenvalue weighted by Crippen LogP contribution is 2.44. The highest BCUT2D eigenvalue weighted by Gasteiger charge is 2.31. The lowest BCUT2D eigenvalue weighted by molar-refractivity contribution is -0.138. The summed E-state index contributed by atoms with van der Waals surface area (Å²) in [6.07, 6.45) is -8.53. The van der Waals surface area contributed by atoms with E-state index in [0.29, 0.717) is 39.8 Å². The predicted octanol–water partition coefficient (Wildman–Crippen LogP) is 8.37. The van der Waals surface area contributed by atoms with Crippen molar-refractivity contribution in [1.29, 1.82) is 10.5 Å². The Morgan fingerprint density at radius 2 is 0.865 bits per heavy atom. The lowest BCUT2D eigenvalue weighted by Crippen LogP contribution is -2.04. The molecule has 1 aliphatic rings. The van der Waals surface area contributed by atoms with Crippen molar-refractivity contribution in [3.8, 4) is 45.5 Å². The maximum absolute atomic E-state index is 13.0. The van der Waals surface area contributed by atoms with Gasteiger partial charge in [0.15, 0.2) is 0 Å². The molecule has 0 heterocycles. The first-order valence-electron chi connectivity index (χ1n) is 11.0. The van der Waals surface area contributed by atoms with Gasteiger partial charge in [0.2, 0.25) is 0 Å². The second-order valence-electron chi connectivity index (χ2n) is 8.66. The normalized spacial score (nSPS) is 12.4. The molecule has 0 aliphatic heterocycles. The number of hydrogen-bond donors (Lipinski definition) is 0. The molecular weight excluding hydrogens is 490 g/mol. The van der Waals surface area contributed by atoms with Crippen LogP contribution in [0.25, 0.3) is 33.4 Å². The van der Waals surface area contributed by atoms with Crippen LogP contribution in [0, 0.1) is 22.7 Å². The van der Waals surface area contributed by atoms with Crippen molar-refractivity contribution in [3.63, 3.8) is 0 Å². The minimum atomic E-state index is -4.49. The van der Waals surface area contributed by atoms with Crippen LogP contribution in [0.2, 0.25) is 0 Å². The fourth-order valence-corrected chi connectivity index (χ4v) is 4.63. The Morgan fingerprint density at radius 3 is 1.16 bits per heavy atom. The molecule has 0 bridgehead atoms. The Bertz CT molecular complexity index is 1490. The third-order valence-corrected chi connectivity index (χ3v) is 6.45. The first-order valence-corrected chi connectivity index (χ1v) is 11.0. The van der Waals surface area contributed by atoms with Gasteiger partial charge in [-0.25, -0.2) is 0 Å². The predicted molar refractivity (Wildman–Crippen MR) is 125 cm³/mol. The number of nitriles is 2. The second-order valence-corrected chi connectivity index (χ2v) is 8.66. The summed E-state index contributed by atoms with van der Waals surface area (Å²) in [7, 11) is 0. The van der Waals surface area contributed by atoms with Crippen molar-refractivity contribution in [3.05, 3.63) is 106 Å². The number of hydrogen-bond acceptors (Lipinski definition) is 2. The van der Waals surface area contributed by atoms with Gasteiger partial charge in [-0.05, 0) is 88.3 Å². The molecule has 4 aromatic rings. The topological polar surface area (TPSA) is 47.6 Å². The zero-order valence-electron chi connectivity index (χ0n) is 18.8. The second kappa shape index (κ2) is 8.53. The monoisotopic (exact) mass is 504 g/mol. The molecule has 0 amide bonds. The van der Waals surface area contributed by atoms with Crippen molar-refractivity contribution in [2.45, 2.75) is 18.8 Å². The van der Waals surface area contributed by atoms with Crippen LogP contribution in [0.1, 0.15) is 33.4 Å². The van der Waals surface area contributed by atoms with E-state index in [-0.39, 0.29) is 0 Å². The van der Waals surface area contributed by atoms with Gasteiger partial charge in [0.1, 0.15) is 0 Å². The Labute approximate surface area is 207 Å². The average Bonchev–Trinajstić information content (AvgIpc) is 3.22. The molecule has 0 saturated heterocycles. The van der Waals surface area contributed by atoms with E-state index in [2.05, 4.69) is 12.1 Å². The summed E-state index contributed by atoms with van der Waals surface area (Å²) in [5.41, 5.74) is 3.94. The largest absolute Gasteiger partial charge is 0.416 e. The molecule has 0 aromatic heterocycles. The smallest absolute Gasteiger partial charge is 0.192 e. The van der Waals surface area contributed by atoms with Crippen LogP contribution in [-0.2, 0) is 18.8 Å². The maximum Gasteiger partial charge on any atom is 0.416 e. The van der Waals surface area contributed by atoms with Crippen LogP contribution in [0.5, 0.6) is 0 Å². The lowest BCUT2D eigenvalue weighted by atomic mass is 9.91. The van der Waals surface area contributed by atoms with Gasteiger partial charge in [-0.1, -0.05) is 24.3 Å². The average molecular weight is 504 g/mol. The molecule has 0 atom stereocenters. The van der Waals surface area contributed by atoms with Gasteiger partial charge in [-0.15, -0.1) is 0 Å². The van der Waals surface area contributed by atoms with Gasteiger partial charge in [-0.2, -0.15) is 36.9 Å². The number of rotatable bonds is 2. The molecule has 1 aliphatic carbocycles. The molecule has 0 saturated carbocycles. The van der Waals surface area contributed by atoms with Crippen LogP contribution < -0.4 is 0 Å². The van der Waals surface area contributed by atoms with E-state index >= 15 is 0 Å². The fourth-order valence-electron chi connectivity index (χ4n) is 4.63. The van der Waals surface area contributed by atoms with E-state index in [1.807, 2.05) is 0 Å². The SMILES string of the molecule is N#Cc1cc2c(cc1-c1ccc(C(F)(F)F)cc1)-c1cc(-c3ccc(C(F)(F)F)cc3)c(C#N)cc1C2. The Kier molecular flexibility index (Phi) is 5.57. The highest BCUT2D eigenvalue weighted by molar-refractivity contribution is 5.88. The molecule has 8 heteroatoms. The highest BCUT2D eigenvalue weighted by atomic mass is 19.4. The molecule has 5 rings (SSSR count). The number of fused-ring (bicyclic) bond motifs is 3. The molecule has 37 heavy (non-hydrogen) atoms. The summed E-state index contributed by atoms with van der Waals surface area (Å²) in [6, 6.07) is 20.2. The molecule has 0 spiro atoms. The van der Waals surface area contributed by atoms with Crippen molar-refractivity contribution in [2.24, 2.45) is 0 Å². The lowest BCUT2D eigenvalue weighted by Gasteiger charge is -2.12. The van der Waals surface area contributed by atoms with Gasteiger partial charge < -0.3 is 0 Å². The molecule has 2 nitrogen and oxygen atoms in total. The van der Waals surface area contributed by atoms with E-state index in [4.69, 9.17) is 0 Å². The Morgan fingerprint density at radius 1 is 0.514 bits per heavy atom. The number of benzene rings is 4. The van der Waals surface area contributed by atoms with Crippen molar-refractivity contribution in [1.82, 2.24) is 0 Å². The zero-order chi connectivity index (χ0) is 26.5. The van der Waals surface area contributed by atoms with Crippen LogP contribution in [0.3, 0.4) is 0 Å². The third kappa shape index (κ3) is 4.32. The van der Waals surface area contributed by atoms with Crippen molar-refractivity contribution >= 4 is 0 Å². The quantitative estimate of drug-likeness (QED) is 0.227. The van der Waals surface area contributed by atoms with Crippen molar-refractivity contribution < 1.29 is 26.3 Å².